The molecule has 2 aromatic carbocycles. The van der Waals surface area contributed by atoms with Crippen LogP contribution in [0.5, 0.6) is 0 Å². The van der Waals surface area contributed by atoms with Gasteiger partial charge in [-0.3, -0.25) is 0 Å². The van der Waals surface area contributed by atoms with E-state index in [1.807, 2.05) is 12.1 Å². The van der Waals surface area contributed by atoms with Crippen LogP contribution < -0.4 is 11.1 Å². The summed E-state index contributed by atoms with van der Waals surface area (Å²) in [5.41, 5.74) is 7.68. The van der Waals surface area contributed by atoms with Crippen LogP contribution in [0, 0.1) is 5.82 Å². The second-order valence-corrected chi connectivity index (χ2v) is 4.88. The van der Waals surface area contributed by atoms with Gasteiger partial charge in [0.05, 0.1) is 15.9 Å². The molecule has 0 fully saturated rings. The van der Waals surface area contributed by atoms with Crippen LogP contribution in [-0.2, 0) is 0 Å². The highest BCUT2D eigenvalue weighted by molar-refractivity contribution is 7.22. The Balaban J connectivity index is 1.98. The number of para-hydroxylation sites is 1. The number of nitrogens with one attached hydrogen (secondary N) is 1. The van der Waals surface area contributed by atoms with E-state index in [4.69, 9.17) is 5.73 Å². The molecule has 0 aliphatic rings. The van der Waals surface area contributed by atoms with Crippen molar-refractivity contribution in [3.05, 3.63) is 48.3 Å². The quantitative estimate of drug-likeness (QED) is 0.689. The van der Waals surface area contributed by atoms with Crippen molar-refractivity contribution in [1.29, 1.82) is 0 Å². The Morgan fingerprint density at radius 1 is 1.17 bits per heavy atom. The second-order valence-electron chi connectivity index (χ2n) is 3.85. The molecule has 0 spiro atoms. The molecule has 5 heteroatoms. The van der Waals surface area contributed by atoms with Crippen molar-refractivity contribution in [2.24, 2.45) is 0 Å². The first kappa shape index (κ1) is 11.0. The summed E-state index contributed by atoms with van der Waals surface area (Å²) >= 11 is 1.45. The number of anilines is 3. The van der Waals surface area contributed by atoms with Crippen molar-refractivity contribution in [3.63, 3.8) is 0 Å². The zero-order chi connectivity index (χ0) is 12.5. The highest BCUT2D eigenvalue weighted by Gasteiger charge is 2.06. The second kappa shape index (κ2) is 4.27. The molecule has 1 aromatic heterocycles. The standard InChI is InChI=1S/C13H10FN3S/c14-9-3-1-2-4-10(9)16-13-17-11-6-5-8(15)7-12(11)18-13/h1-7H,15H2,(H,16,17). The first-order valence-corrected chi connectivity index (χ1v) is 6.21. The molecule has 90 valence electrons. The van der Waals surface area contributed by atoms with Crippen LogP contribution in [0.3, 0.4) is 0 Å². The minimum Gasteiger partial charge on any atom is -0.399 e. The summed E-state index contributed by atoms with van der Waals surface area (Å²) in [6, 6.07) is 12.0. The minimum absolute atomic E-state index is 0.295. The van der Waals surface area contributed by atoms with E-state index >= 15 is 0 Å². The average Bonchev–Trinajstić information content (AvgIpc) is 2.73. The molecule has 0 bridgehead atoms. The Morgan fingerprint density at radius 2 is 2.00 bits per heavy atom. The first-order chi connectivity index (χ1) is 8.72. The van der Waals surface area contributed by atoms with Crippen molar-refractivity contribution in [3.8, 4) is 0 Å². The van der Waals surface area contributed by atoms with Crippen LogP contribution >= 0.6 is 11.3 Å². The summed E-state index contributed by atoms with van der Waals surface area (Å²) < 4.78 is 14.5. The zero-order valence-corrected chi connectivity index (χ0v) is 10.2. The van der Waals surface area contributed by atoms with Crippen molar-refractivity contribution in [1.82, 2.24) is 4.98 Å². The van der Waals surface area contributed by atoms with Gasteiger partial charge in [-0.2, -0.15) is 0 Å². The molecule has 0 atom stereocenters. The summed E-state index contributed by atoms with van der Waals surface area (Å²) in [5, 5.41) is 3.63. The Kier molecular flexibility index (Phi) is 2.60. The zero-order valence-electron chi connectivity index (χ0n) is 9.35. The maximum absolute atomic E-state index is 13.5. The molecule has 0 unspecified atom stereocenters. The van der Waals surface area contributed by atoms with E-state index in [-0.39, 0.29) is 5.82 Å². The smallest absolute Gasteiger partial charge is 0.188 e. The molecular weight excluding hydrogens is 249 g/mol. The lowest BCUT2D eigenvalue weighted by Crippen LogP contribution is -1.91. The predicted molar refractivity (Wildman–Crippen MR) is 73.7 cm³/mol. The molecule has 3 rings (SSSR count). The van der Waals surface area contributed by atoms with Gasteiger partial charge in [0.15, 0.2) is 5.13 Å². The van der Waals surface area contributed by atoms with Gasteiger partial charge in [0.2, 0.25) is 0 Å². The fourth-order valence-electron chi connectivity index (χ4n) is 1.67. The summed E-state index contributed by atoms with van der Waals surface area (Å²) in [4.78, 5) is 4.38. The number of nitrogens with zero attached hydrogens (tertiary/aromatic N) is 1. The van der Waals surface area contributed by atoms with Crippen molar-refractivity contribution >= 4 is 38.1 Å². The van der Waals surface area contributed by atoms with Crippen LogP contribution in [0.15, 0.2) is 42.5 Å². The van der Waals surface area contributed by atoms with Crippen molar-refractivity contribution < 1.29 is 4.39 Å². The fourth-order valence-corrected chi connectivity index (χ4v) is 2.60. The van der Waals surface area contributed by atoms with Crippen LogP contribution in [-0.4, -0.2) is 4.98 Å². The van der Waals surface area contributed by atoms with Gasteiger partial charge in [0.25, 0.3) is 0 Å². The lowest BCUT2D eigenvalue weighted by atomic mass is 10.3. The van der Waals surface area contributed by atoms with E-state index in [2.05, 4.69) is 10.3 Å². The third-order valence-electron chi connectivity index (χ3n) is 2.53. The lowest BCUT2D eigenvalue weighted by molar-refractivity contribution is 0.632. The molecule has 3 N–H and O–H groups in total. The molecule has 0 aliphatic carbocycles. The summed E-state index contributed by atoms with van der Waals surface area (Å²) in [5.74, 6) is -0.295. The fraction of sp³-hybridized carbons (Fsp3) is 0. The average molecular weight is 259 g/mol. The van der Waals surface area contributed by atoms with Crippen LogP contribution in [0.2, 0.25) is 0 Å². The molecule has 0 radical (unpaired) electrons. The summed E-state index contributed by atoms with van der Waals surface area (Å²) in [6.45, 7) is 0. The van der Waals surface area contributed by atoms with E-state index in [1.165, 1.54) is 17.4 Å². The molecule has 1 heterocycles. The molecule has 0 saturated carbocycles. The predicted octanol–water partition coefficient (Wildman–Crippen LogP) is 3.76. The number of nitrogens with two attached hydrogens (primary N) is 1. The van der Waals surface area contributed by atoms with E-state index < -0.39 is 0 Å². The van der Waals surface area contributed by atoms with Gasteiger partial charge in [-0.05, 0) is 30.3 Å². The number of hydrogen-bond acceptors (Lipinski definition) is 4. The van der Waals surface area contributed by atoms with Gasteiger partial charge < -0.3 is 11.1 Å². The topological polar surface area (TPSA) is 50.9 Å². The van der Waals surface area contributed by atoms with Gasteiger partial charge >= 0.3 is 0 Å². The monoisotopic (exact) mass is 259 g/mol. The summed E-state index contributed by atoms with van der Waals surface area (Å²) in [7, 11) is 0. The van der Waals surface area contributed by atoms with Gasteiger partial charge in [0.1, 0.15) is 5.82 Å². The molecule has 0 saturated heterocycles. The Hall–Kier alpha value is -2.14. The van der Waals surface area contributed by atoms with E-state index in [1.54, 1.807) is 24.3 Å². The van der Waals surface area contributed by atoms with Crippen molar-refractivity contribution in [2.75, 3.05) is 11.1 Å². The van der Waals surface area contributed by atoms with Crippen molar-refractivity contribution in [2.45, 2.75) is 0 Å². The maximum Gasteiger partial charge on any atom is 0.188 e. The molecule has 3 nitrogen and oxygen atoms in total. The molecule has 18 heavy (non-hydrogen) atoms. The SMILES string of the molecule is Nc1ccc2nc(Nc3ccccc3F)sc2c1. The van der Waals surface area contributed by atoms with Crippen LogP contribution in [0.4, 0.5) is 20.9 Å². The van der Waals surface area contributed by atoms with Crippen LogP contribution in [0.1, 0.15) is 0 Å². The van der Waals surface area contributed by atoms with Gasteiger partial charge in [-0.15, -0.1) is 0 Å². The lowest BCUT2D eigenvalue weighted by Gasteiger charge is -2.02. The number of fused-ring (bicyclic) bond motifs is 1. The first-order valence-electron chi connectivity index (χ1n) is 5.40. The largest absolute Gasteiger partial charge is 0.399 e. The van der Waals surface area contributed by atoms with Gasteiger partial charge in [-0.1, -0.05) is 23.5 Å². The normalized spacial score (nSPS) is 10.7. The number of thiazole rings is 1. The molecule has 3 aromatic rings. The Morgan fingerprint density at radius 3 is 2.83 bits per heavy atom. The Labute approximate surface area is 107 Å². The number of nitrogen functional groups attached to an aromatic ring is 1. The molecular formula is C13H10FN3S. The van der Waals surface area contributed by atoms with Gasteiger partial charge in [0, 0.05) is 5.69 Å². The van der Waals surface area contributed by atoms with E-state index in [9.17, 15) is 4.39 Å². The van der Waals surface area contributed by atoms with E-state index in [0.717, 1.165) is 10.2 Å². The highest BCUT2D eigenvalue weighted by atomic mass is 32.1. The summed E-state index contributed by atoms with van der Waals surface area (Å²) in [6.07, 6.45) is 0. The third-order valence-corrected chi connectivity index (χ3v) is 3.46. The number of benzene rings is 2. The van der Waals surface area contributed by atoms with E-state index in [0.29, 0.717) is 16.5 Å². The Bertz CT molecular complexity index is 708. The highest BCUT2D eigenvalue weighted by Crippen LogP contribution is 2.30. The van der Waals surface area contributed by atoms with Gasteiger partial charge in [-0.25, -0.2) is 9.37 Å². The number of halogens is 1. The number of aromatic nitrogens is 1. The number of hydrogen-bond donors (Lipinski definition) is 2. The minimum atomic E-state index is -0.295. The maximum atomic E-state index is 13.5. The van der Waals surface area contributed by atoms with Crippen LogP contribution in [0.25, 0.3) is 10.2 Å². The molecule has 0 aliphatic heterocycles. The number of rotatable bonds is 2. The molecule has 0 amide bonds. The third kappa shape index (κ3) is 2.00.